The van der Waals surface area contributed by atoms with Crippen molar-refractivity contribution in [2.75, 3.05) is 17.9 Å². The Morgan fingerprint density at radius 2 is 1.92 bits per heavy atom. The third-order valence-electron chi connectivity index (χ3n) is 4.24. The molecule has 2 aromatic rings. The molecule has 2 heterocycles. The molecule has 0 amide bonds. The van der Waals surface area contributed by atoms with Crippen molar-refractivity contribution >= 4 is 25.7 Å². The molecular weight excluding hydrogens is 390 g/mol. The van der Waals surface area contributed by atoms with Crippen LogP contribution in [-0.4, -0.2) is 40.2 Å². The number of hydrogen-bond acceptors (Lipinski definition) is 5. The second-order valence-electron chi connectivity index (χ2n) is 5.64. The Kier molecular flexibility index (Phi) is 4.53. The van der Waals surface area contributed by atoms with Crippen LogP contribution in [0.25, 0.3) is 0 Å². The Morgan fingerprint density at radius 3 is 2.50 bits per heavy atom. The van der Waals surface area contributed by atoms with Gasteiger partial charge in [-0.1, -0.05) is 0 Å². The van der Waals surface area contributed by atoms with E-state index in [-0.39, 0.29) is 22.0 Å². The van der Waals surface area contributed by atoms with Crippen molar-refractivity contribution in [2.24, 2.45) is 0 Å². The Labute approximate surface area is 149 Å². The first-order chi connectivity index (χ1) is 12.1. The highest BCUT2D eigenvalue weighted by molar-refractivity contribution is 7.93. The summed E-state index contributed by atoms with van der Waals surface area (Å²) in [6, 6.07) is 4.11. The maximum Gasteiger partial charge on any atom is 0.333 e. The van der Waals surface area contributed by atoms with Crippen molar-refractivity contribution in [3.63, 3.8) is 0 Å². The number of rotatable bonds is 5. The second kappa shape index (κ2) is 6.28. The molecule has 8 nitrogen and oxygen atoms in total. The van der Waals surface area contributed by atoms with Crippen LogP contribution in [-0.2, 0) is 26.5 Å². The second-order valence-corrected chi connectivity index (χ2v) is 9.36. The van der Waals surface area contributed by atoms with Crippen molar-refractivity contribution in [3.8, 4) is 0 Å². The first-order valence-corrected chi connectivity index (χ1v) is 10.4. The van der Waals surface area contributed by atoms with E-state index in [0.29, 0.717) is 22.4 Å². The molecule has 0 saturated heterocycles. The minimum absolute atomic E-state index is 0.0275. The molecule has 0 spiro atoms. The van der Waals surface area contributed by atoms with Gasteiger partial charge in [0.2, 0.25) is 10.0 Å². The minimum atomic E-state index is -4.10. The number of nitrogens with zero attached hydrogens (tertiary/aromatic N) is 3. The summed E-state index contributed by atoms with van der Waals surface area (Å²) in [5.74, 6) is 0. The molecule has 0 radical (unpaired) electrons. The number of alkyl halides is 2. The normalized spacial score (nSPS) is 14.9. The molecule has 1 aliphatic rings. The molecule has 0 saturated carbocycles. The van der Waals surface area contributed by atoms with Crippen molar-refractivity contribution < 1.29 is 25.6 Å². The summed E-state index contributed by atoms with van der Waals surface area (Å²) in [5.41, 5.74) is 0.705. The molecule has 0 atom stereocenters. The van der Waals surface area contributed by atoms with Gasteiger partial charge in [0.05, 0.1) is 22.5 Å². The molecular formula is C14H16F2N4O4S2. The van der Waals surface area contributed by atoms with Crippen LogP contribution in [0.5, 0.6) is 0 Å². The van der Waals surface area contributed by atoms with E-state index in [1.807, 2.05) is 0 Å². The van der Waals surface area contributed by atoms with Gasteiger partial charge < -0.3 is 0 Å². The van der Waals surface area contributed by atoms with E-state index in [4.69, 9.17) is 0 Å². The standard InChI is InChI=1S/C14H16F2N4O4S2/c1-9-13(8-18-20(9)14(15)16)26(23,24)19-6-5-10-7-11(3-4-12(10)19)25(21,22)17-2/h3-4,7-8,14,17H,5-6H2,1-2H3. The predicted octanol–water partition coefficient (Wildman–Crippen LogP) is 1.25. The molecule has 1 aliphatic heterocycles. The fraction of sp³-hybridized carbons (Fsp3) is 0.357. The van der Waals surface area contributed by atoms with Crippen LogP contribution in [0.15, 0.2) is 34.2 Å². The molecule has 3 rings (SSSR count). The summed E-state index contributed by atoms with van der Waals surface area (Å²) in [4.78, 5) is -0.280. The summed E-state index contributed by atoms with van der Waals surface area (Å²) < 4.78 is 78.9. The number of hydrogen-bond donors (Lipinski definition) is 1. The zero-order valence-electron chi connectivity index (χ0n) is 13.8. The molecule has 12 heteroatoms. The molecule has 26 heavy (non-hydrogen) atoms. The van der Waals surface area contributed by atoms with E-state index in [0.717, 1.165) is 10.5 Å². The van der Waals surface area contributed by atoms with Crippen molar-refractivity contribution in [3.05, 3.63) is 35.7 Å². The van der Waals surface area contributed by atoms with Gasteiger partial charge in [-0.3, -0.25) is 4.31 Å². The molecule has 142 valence electrons. The summed E-state index contributed by atoms with van der Waals surface area (Å²) in [5, 5.41) is 3.44. The lowest BCUT2D eigenvalue weighted by atomic mass is 10.2. The van der Waals surface area contributed by atoms with E-state index in [2.05, 4.69) is 9.82 Å². The number of nitrogens with one attached hydrogen (secondary N) is 1. The first kappa shape index (κ1) is 18.7. The molecule has 1 aromatic heterocycles. The number of benzene rings is 1. The van der Waals surface area contributed by atoms with Crippen molar-refractivity contribution in [1.82, 2.24) is 14.5 Å². The smallest absolute Gasteiger partial charge is 0.266 e. The summed E-state index contributed by atoms with van der Waals surface area (Å²) in [6.07, 6.45) is 1.21. The molecule has 1 aromatic carbocycles. The van der Waals surface area contributed by atoms with Crippen LogP contribution in [0.3, 0.4) is 0 Å². The quantitative estimate of drug-likeness (QED) is 0.805. The Morgan fingerprint density at radius 1 is 1.23 bits per heavy atom. The van der Waals surface area contributed by atoms with Gasteiger partial charge in [0.1, 0.15) is 4.90 Å². The summed E-state index contributed by atoms with van der Waals surface area (Å²) in [6.45, 7) is -1.61. The minimum Gasteiger partial charge on any atom is -0.266 e. The van der Waals surface area contributed by atoms with Crippen molar-refractivity contribution in [1.29, 1.82) is 0 Å². The van der Waals surface area contributed by atoms with Crippen molar-refractivity contribution in [2.45, 2.75) is 29.7 Å². The Bertz CT molecular complexity index is 1060. The molecule has 0 unspecified atom stereocenters. The fourth-order valence-corrected chi connectivity index (χ4v) is 5.29. The lowest BCUT2D eigenvalue weighted by Gasteiger charge is -2.19. The first-order valence-electron chi connectivity index (χ1n) is 7.51. The van der Waals surface area contributed by atoms with Gasteiger partial charge in [-0.15, -0.1) is 0 Å². The van der Waals surface area contributed by atoms with Gasteiger partial charge in [-0.2, -0.15) is 13.9 Å². The van der Waals surface area contributed by atoms with E-state index in [9.17, 15) is 25.6 Å². The SMILES string of the molecule is CNS(=O)(=O)c1ccc2c(c1)CCN2S(=O)(=O)c1cnn(C(F)F)c1C. The highest BCUT2D eigenvalue weighted by Gasteiger charge is 2.34. The maximum atomic E-state index is 12.9. The monoisotopic (exact) mass is 406 g/mol. The van der Waals surface area contributed by atoms with Gasteiger partial charge >= 0.3 is 6.55 Å². The van der Waals surface area contributed by atoms with E-state index >= 15 is 0 Å². The van der Waals surface area contributed by atoms with Crippen LogP contribution in [0.1, 0.15) is 17.8 Å². The van der Waals surface area contributed by atoms with Crippen LogP contribution < -0.4 is 9.03 Å². The lowest BCUT2D eigenvalue weighted by molar-refractivity contribution is 0.0541. The number of sulfonamides is 2. The third-order valence-corrected chi connectivity index (χ3v) is 7.56. The zero-order chi connectivity index (χ0) is 19.3. The fourth-order valence-electron chi connectivity index (χ4n) is 2.86. The van der Waals surface area contributed by atoms with E-state index in [1.165, 1.54) is 32.2 Å². The Balaban J connectivity index is 2.04. The van der Waals surface area contributed by atoms with E-state index < -0.39 is 26.6 Å². The highest BCUT2D eigenvalue weighted by Crippen LogP contribution is 2.35. The molecule has 0 fully saturated rings. The van der Waals surface area contributed by atoms with Gasteiger partial charge in [0.25, 0.3) is 10.0 Å². The van der Waals surface area contributed by atoms with E-state index in [1.54, 1.807) is 0 Å². The van der Waals surface area contributed by atoms with Crippen LogP contribution >= 0.6 is 0 Å². The number of fused-ring (bicyclic) bond motifs is 1. The van der Waals surface area contributed by atoms with Gasteiger partial charge in [-0.25, -0.2) is 26.2 Å². The number of halogens is 2. The zero-order valence-corrected chi connectivity index (χ0v) is 15.5. The average molecular weight is 406 g/mol. The topological polar surface area (TPSA) is 101 Å². The molecule has 1 N–H and O–H groups in total. The summed E-state index contributed by atoms with van der Waals surface area (Å²) in [7, 11) is -6.47. The largest absolute Gasteiger partial charge is 0.333 e. The third kappa shape index (κ3) is 2.87. The van der Waals surface area contributed by atoms with Gasteiger partial charge in [0, 0.05) is 6.54 Å². The lowest BCUT2D eigenvalue weighted by Crippen LogP contribution is -2.29. The van der Waals surface area contributed by atoms with Gasteiger partial charge in [-0.05, 0) is 44.2 Å². The molecule has 0 aliphatic carbocycles. The molecule has 0 bridgehead atoms. The Hall–Kier alpha value is -2.05. The maximum absolute atomic E-state index is 12.9. The average Bonchev–Trinajstić information content (AvgIpc) is 3.18. The summed E-state index contributed by atoms with van der Waals surface area (Å²) >= 11 is 0. The predicted molar refractivity (Wildman–Crippen MR) is 89.1 cm³/mol. The number of aromatic nitrogens is 2. The van der Waals surface area contributed by atoms with Crippen LogP contribution in [0, 0.1) is 6.92 Å². The highest BCUT2D eigenvalue weighted by atomic mass is 32.2. The van der Waals surface area contributed by atoms with Crippen LogP contribution in [0.2, 0.25) is 0 Å². The van der Waals surface area contributed by atoms with Gasteiger partial charge in [0.15, 0.2) is 0 Å². The van der Waals surface area contributed by atoms with Crippen LogP contribution in [0.4, 0.5) is 14.5 Å². The number of anilines is 1.